The lowest BCUT2D eigenvalue weighted by molar-refractivity contribution is -0.143. The molecule has 1 aromatic carbocycles. The van der Waals surface area contributed by atoms with E-state index >= 15 is 0 Å². The molecule has 0 fully saturated rings. The number of thiophene rings is 1. The van der Waals surface area contributed by atoms with Crippen LogP contribution in [0.4, 0.5) is 4.39 Å². The molecular weight excluding hydrogens is 407 g/mol. The van der Waals surface area contributed by atoms with Gasteiger partial charge in [0.25, 0.3) is 0 Å². The van der Waals surface area contributed by atoms with Crippen LogP contribution in [0.2, 0.25) is 0 Å². The van der Waals surface area contributed by atoms with Crippen LogP contribution in [0.5, 0.6) is 5.75 Å². The number of hydrogen-bond donors (Lipinski definition) is 0. The molecule has 0 aliphatic carbocycles. The van der Waals surface area contributed by atoms with Crippen molar-refractivity contribution >= 4 is 23.2 Å². The molecule has 162 valence electrons. The van der Waals surface area contributed by atoms with E-state index in [0.29, 0.717) is 31.9 Å². The molecule has 30 heavy (non-hydrogen) atoms. The molecule has 1 aliphatic rings. The van der Waals surface area contributed by atoms with E-state index in [9.17, 15) is 14.0 Å². The predicted molar refractivity (Wildman–Crippen MR) is 113 cm³/mol. The fourth-order valence-corrected chi connectivity index (χ4v) is 4.51. The number of halogens is 1. The molecule has 3 rings (SSSR count). The zero-order valence-corrected chi connectivity index (χ0v) is 18.1. The maximum Gasteiger partial charge on any atom is 0.242 e. The minimum absolute atomic E-state index is 0.00592. The van der Waals surface area contributed by atoms with Gasteiger partial charge in [-0.15, -0.1) is 11.3 Å². The summed E-state index contributed by atoms with van der Waals surface area (Å²) in [5.41, 5.74) is 1.06. The summed E-state index contributed by atoms with van der Waals surface area (Å²) in [5, 5.41) is 2.01. The molecule has 1 aromatic heterocycles. The van der Waals surface area contributed by atoms with Crippen LogP contribution in [0.1, 0.15) is 29.8 Å². The predicted octanol–water partition coefficient (Wildman–Crippen LogP) is 3.28. The van der Waals surface area contributed by atoms with Gasteiger partial charge >= 0.3 is 0 Å². The third kappa shape index (κ3) is 5.37. The molecule has 2 heterocycles. The van der Waals surface area contributed by atoms with Crippen molar-refractivity contribution in [2.75, 3.05) is 40.0 Å². The molecule has 0 saturated carbocycles. The van der Waals surface area contributed by atoms with Gasteiger partial charge in [-0.25, -0.2) is 4.39 Å². The van der Waals surface area contributed by atoms with Crippen LogP contribution in [-0.4, -0.2) is 61.6 Å². The average Bonchev–Trinajstić information content (AvgIpc) is 3.23. The number of methoxy groups -OCH3 is 1. The highest BCUT2D eigenvalue weighted by molar-refractivity contribution is 7.10. The highest BCUT2D eigenvalue weighted by atomic mass is 32.1. The Morgan fingerprint density at radius 2 is 2.17 bits per heavy atom. The highest BCUT2D eigenvalue weighted by Gasteiger charge is 2.33. The largest absolute Gasteiger partial charge is 0.491 e. The number of benzene rings is 1. The summed E-state index contributed by atoms with van der Waals surface area (Å²) in [6, 6.07) is 7.71. The van der Waals surface area contributed by atoms with Crippen molar-refractivity contribution in [1.29, 1.82) is 0 Å². The second-order valence-electron chi connectivity index (χ2n) is 7.08. The van der Waals surface area contributed by atoms with Gasteiger partial charge in [0.2, 0.25) is 11.8 Å². The summed E-state index contributed by atoms with van der Waals surface area (Å²) in [6.45, 7) is 3.31. The monoisotopic (exact) mass is 434 g/mol. The maximum absolute atomic E-state index is 13.5. The van der Waals surface area contributed by atoms with Crippen LogP contribution in [0.3, 0.4) is 0 Å². The van der Waals surface area contributed by atoms with Gasteiger partial charge in [0.1, 0.15) is 18.2 Å². The smallest absolute Gasteiger partial charge is 0.242 e. The first kappa shape index (κ1) is 22.2. The molecule has 1 unspecified atom stereocenters. The van der Waals surface area contributed by atoms with E-state index in [2.05, 4.69) is 0 Å². The summed E-state index contributed by atoms with van der Waals surface area (Å²) in [4.78, 5) is 30.0. The first-order chi connectivity index (χ1) is 14.5. The van der Waals surface area contributed by atoms with Crippen molar-refractivity contribution in [3.63, 3.8) is 0 Å². The Balaban J connectivity index is 1.75. The van der Waals surface area contributed by atoms with Gasteiger partial charge in [-0.3, -0.25) is 9.59 Å². The first-order valence-electron chi connectivity index (χ1n) is 10.0. The van der Waals surface area contributed by atoms with Gasteiger partial charge in [-0.1, -0.05) is 13.0 Å². The second-order valence-corrected chi connectivity index (χ2v) is 8.08. The fraction of sp³-hybridized carbons (Fsp3) is 0.455. The van der Waals surface area contributed by atoms with Crippen LogP contribution in [0.25, 0.3) is 0 Å². The van der Waals surface area contributed by atoms with E-state index in [1.807, 2.05) is 11.4 Å². The molecule has 0 radical (unpaired) electrons. The van der Waals surface area contributed by atoms with E-state index < -0.39 is 0 Å². The van der Waals surface area contributed by atoms with Crippen molar-refractivity contribution < 1.29 is 23.5 Å². The summed E-state index contributed by atoms with van der Waals surface area (Å²) in [6.07, 6.45) is 1.10. The third-order valence-corrected chi connectivity index (χ3v) is 6.16. The molecule has 1 atom stereocenters. The number of carbonyl (C=O) groups is 2. The average molecular weight is 435 g/mol. The first-order valence-corrected chi connectivity index (χ1v) is 10.9. The van der Waals surface area contributed by atoms with E-state index in [1.165, 1.54) is 17.0 Å². The molecule has 2 aromatic rings. The normalized spacial score (nSPS) is 15.6. The quantitative estimate of drug-likeness (QED) is 0.608. The number of rotatable bonds is 9. The van der Waals surface area contributed by atoms with Crippen LogP contribution in [0.15, 0.2) is 35.7 Å². The van der Waals surface area contributed by atoms with Crippen molar-refractivity contribution in [3.05, 3.63) is 52.0 Å². The molecule has 2 amide bonds. The van der Waals surface area contributed by atoms with E-state index in [-0.39, 0.29) is 36.8 Å². The van der Waals surface area contributed by atoms with Gasteiger partial charge in [-0.05, 0) is 35.6 Å². The Kier molecular flexibility index (Phi) is 7.81. The minimum atomic E-state index is -0.368. The Hall–Kier alpha value is -2.45. The number of carbonyl (C=O) groups excluding carboxylic acids is 2. The number of ether oxygens (including phenoxy) is 2. The summed E-state index contributed by atoms with van der Waals surface area (Å²) in [7, 11) is 1.57. The Morgan fingerprint density at radius 1 is 1.33 bits per heavy atom. The molecule has 6 nitrogen and oxygen atoms in total. The van der Waals surface area contributed by atoms with Crippen LogP contribution >= 0.6 is 11.3 Å². The summed E-state index contributed by atoms with van der Waals surface area (Å²) < 4.78 is 24.4. The number of hydrogen-bond acceptors (Lipinski definition) is 5. The Labute approximate surface area is 180 Å². The standard InChI is InChI=1S/C22H27FN2O4S/c1-3-21(26)24(10-11-28-2)14-22(27)25-9-7-20-18(8-12-30-20)19(25)15-29-17-6-4-5-16(23)13-17/h4-6,8,12-13,19H,3,7,9-11,14-15H2,1-2H3. The number of fused-ring (bicyclic) bond motifs is 1. The molecule has 8 heteroatoms. The van der Waals surface area contributed by atoms with Crippen LogP contribution < -0.4 is 4.74 Å². The van der Waals surface area contributed by atoms with Crippen LogP contribution in [0, 0.1) is 5.82 Å². The lowest BCUT2D eigenvalue weighted by Gasteiger charge is -2.37. The van der Waals surface area contributed by atoms with Crippen LogP contribution in [-0.2, 0) is 20.7 Å². The summed E-state index contributed by atoms with van der Waals surface area (Å²) in [5.74, 6) is -0.154. The molecular formula is C22H27FN2O4S. The van der Waals surface area contributed by atoms with Gasteiger partial charge in [0.15, 0.2) is 0 Å². The highest BCUT2D eigenvalue weighted by Crippen LogP contribution is 2.34. The Morgan fingerprint density at radius 3 is 2.90 bits per heavy atom. The lowest BCUT2D eigenvalue weighted by Crippen LogP contribution is -2.48. The molecule has 1 aliphatic heterocycles. The van der Waals surface area contributed by atoms with Gasteiger partial charge in [0, 0.05) is 37.6 Å². The second kappa shape index (κ2) is 10.5. The molecule has 0 N–H and O–H groups in total. The molecule has 0 saturated heterocycles. The van der Waals surface area contributed by atoms with Crippen molar-refractivity contribution in [3.8, 4) is 5.75 Å². The lowest BCUT2D eigenvalue weighted by atomic mass is 10.0. The van der Waals surface area contributed by atoms with E-state index in [4.69, 9.17) is 9.47 Å². The third-order valence-electron chi connectivity index (χ3n) is 5.17. The van der Waals surface area contributed by atoms with Gasteiger partial charge in [0.05, 0.1) is 19.2 Å². The van der Waals surface area contributed by atoms with E-state index in [0.717, 1.165) is 12.0 Å². The van der Waals surface area contributed by atoms with Crippen molar-refractivity contribution in [2.45, 2.75) is 25.8 Å². The van der Waals surface area contributed by atoms with Gasteiger partial charge in [-0.2, -0.15) is 0 Å². The summed E-state index contributed by atoms with van der Waals surface area (Å²) >= 11 is 1.67. The zero-order valence-electron chi connectivity index (χ0n) is 17.3. The topological polar surface area (TPSA) is 59.1 Å². The zero-order chi connectivity index (χ0) is 21.5. The maximum atomic E-state index is 13.5. The van der Waals surface area contributed by atoms with Crippen molar-refractivity contribution in [2.24, 2.45) is 0 Å². The Bertz CT molecular complexity index is 872. The number of amides is 2. The fourth-order valence-electron chi connectivity index (χ4n) is 3.58. The molecule has 0 bridgehead atoms. The van der Waals surface area contributed by atoms with Crippen molar-refractivity contribution in [1.82, 2.24) is 9.80 Å². The minimum Gasteiger partial charge on any atom is -0.491 e. The van der Waals surface area contributed by atoms with E-state index in [1.54, 1.807) is 47.3 Å². The van der Waals surface area contributed by atoms with Gasteiger partial charge < -0.3 is 19.3 Å². The SMILES string of the molecule is CCC(=O)N(CCOC)CC(=O)N1CCc2sccc2C1COc1cccc(F)c1. The number of nitrogens with zero attached hydrogens (tertiary/aromatic N) is 2. The molecule has 0 spiro atoms.